The number of ketones is 1. The minimum absolute atomic E-state index is 0.0306. The van der Waals surface area contributed by atoms with E-state index in [1.54, 1.807) is 26.8 Å². The summed E-state index contributed by atoms with van der Waals surface area (Å²) in [7, 11) is 0. The first kappa shape index (κ1) is 14.7. The standard InChI is InChI=1S/C14H13Cl3O2/c1-6-7(15)4-8(16)10(12(6)17)11-9(18)5-14(2,3)13(11)19/h4,19H,5H2,1-3H3. The predicted molar refractivity (Wildman–Crippen MR) is 79.2 cm³/mol. The van der Waals surface area contributed by atoms with Crippen LogP contribution in [0.5, 0.6) is 0 Å². The maximum absolute atomic E-state index is 12.1. The number of hydrogen-bond donors (Lipinski definition) is 1. The molecule has 0 heterocycles. The Morgan fingerprint density at radius 1 is 1.21 bits per heavy atom. The molecule has 19 heavy (non-hydrogen) atoms. The normalized spacial score (nSPS) is 18.3. The van der Waals surface area contributed by atoms with E-state index in [-0.39, 0.29) is 28.6 Å². The van der Waals surface area contributed by atoms with Gasteiger partial charge in [0.25, 0.3) is 0 Å². The molecule has 1 aromatic rings. The van der Waals surface area contributed by atoms with Gasteiger partial charge in [0.1, 0.15) is 5.76 Å². The molecule has 1 aliphatic carbocycles. The van der Waals surface area contributed by atoms with Gasteiger partial charge in [-0.2, -0.15) is 0 Å². The number of benzene rings is 1. The van der Waals surface area contributed by atoms with Crippen molar-refractivity contribution in [3.8, 4) is 0 Å². The molecular formula is C14H13Cl3O2. The zero-order chi connectivity index (χ0) is 14.5. The second-order valence-corrected chi connectivity index (χ2v) is 6.55. The van der Waals surface area contributed by atoms with E-state index < -0.39 is 5.41 Å². The van der Waals surface area contributed by atoms with E-state index >= 15 is 0 Å². The van der Waals surface area contributed by atoms with Gasteiger partial charge in [0.2, 0.25) is 0 Å². The van der Waals surface area contributed by atoms with Crippen molar-refractivity contribution in [2.24, 2.45) is 5.41 Å². The Labute approximate surface area is 127 Å². The summed E-state index contributed by atoms with van der Waals surface area (Å²) < 4.78 is 0. The fourth-order valence-corrected chi connectivity index (χ4v) is 3.17. The average Bonchev–Trinajstić information content (AvgIpc) is 2.48. The lowest BCUT2D eigenvalue weighted by atomic mass is 9.91. The Balaban J connectivity index is 2.77. The Morgan fingerprint density at radius 3 is 2.26 bits per heavy atom. The first-order valence-electron chi connectivity index (χ1n) is 5.78. The van der Waals surface area contributed by atoms with Gasteiger partial charge in [-0.3, -0.25) is 4.79 Å². The number of allylic oxidation sites excluding steroid dienone is 2. The molecule has 0 aliphatic heterocycles. The molecule has 0 bridgehead atoms. The zero-order valence-corrected chi connectivity index (χ0v) is 13.0. The summed E-state index contributed by atoms with van der Waals surface area (Å²) in [4.78, 5) is 12.1. The van der Waals surface area contributed by atoms with E-state index in [0.29, 0.717) is 21.2 Å². The molecule has 2 rings (SSSR count). The van der Waals surface area contributed by atoms with Gasteiger partial charge in [-0.1, -0.05) is 48.7 Å². The SMILES string of the molecule is Cc1c(Cl)cc(Cl)c(C2=C(O)C(C)(C)CC2=O)c1Cl. The number of carbonyl (C=O) groups excluding carboxylic acids is 1. The Kier molecular flexibility index (Phi) is 3.63. The molecule has 0 saturated carbocycles. The molecule has 5 heteroatoms. The molecule has 1 aromatic carbocycles. The molecule has 1 aliphatic rings. The van der Waals surface area contributed by atoms with Crippen LogP contribution in [0, 0.1) is 12.3 Å². The van der Waals surface area contributed by atoms with Gasteiger partial charge in [0, 0.05) is 22.4 Å². The van der Waals surface area contributed by atoms with E-state index in [0.717, 1.165) is 0 Å². The second kappa shape index (κ2) is 4.69. The number of carbonyl (C=O) groups is 1. The van der Waals surface area contributed by atoms with E-state index in [2.05, 4.69) is 0 Å². The summed E-state index contributed by atoms with van der Waals surface area (Å²) in [5.74, 6) is -0.129. The van der Waals surface area contributed by atoms with E-state index in [9.17, 15) is 9.90 Å². The minimum atomic E-state index is -0.591. The highest BCUT2D eigenvalue weighted by Gasteiger charge is 2.40. The van der Waals surface area contributed by atoms with Crippen LogP contribution in [0.3, 0.4) is 0 Å². The topological polar surface area (TPSA) is 37.3 Å². The van der Waals surface area contributed by atoms with Gasteiger partial charge in [0.05, 0.1) is 15.6 Å². The third-order valence-electron chi connectivity index (χ3n) is 3.41. The van der Waals surface area contributed by atoms with Gasteiger partial charge >= 0.3 is 0 Å². The summed E-state index contributed by atoms with van der Waals surface area (Å²) >= 11 is 18.4. The molecule has 0 fully saturated rings. The van der Waals surface area contributed by atoms with Gasteiger partial charge < -0.3 is 5.11 Å². The molecule has 0 amide bonds. The predicted octanol–water partition coefficient (Wildman–Crippen LogP) is 5.22. The molecule has 102 valence electrons. The summed E-state index contributed by atoms with van der Waals surface area (Å²) in [6.45, 7) is 5.35. The number of aliphatic hydroxyl groups is 1. The van der Waals surface area contributed by atoms with Crippen molar-refractivity contribution in [1.82, 2.24) is 0 Å². The van der Waals surface area contributed by atoms with Crippen LogP contribution in [0.25, 0.3) is 5.57 Å². The van der Waals surface area contributed by atoms with Crippen LogP contribution in [0.15, 0.2) is 11.8 Å². The van der Waals surface area contributed by atoms with Gasteiger partial charge in [0.15, 0.2) is 5.78 Å². The lowest BCUT2D eigenvalue weighted by Crippen LogP contribution is -2.10. The van der Waals surface area contributed by atoms with Gasteiger partial charge in [-0.25, -0.2) is 0 Å². The first-order valence-corrected chi connectivity index (χ1v) is 6.91. The summed E-state index contributed by atoms with van der Waals surface area (Å²) in [5.41, 5.74) is 0.630. The number of halogens is 3. The summed E-state index contributed by atoms with van der Waals surface area (Å²) in [5, 5.41) is 11.3. The Bertz CT molecular complexity index is 616. The second-order valence-electron chi connectivity index (χ2n) is 5.36. The van der Waals surface area contributed by atoms with Crippen molar-refractivity contribution >= 4 is 46.2 Å². The molecular weight excluding hydrogens is 307 g/mol. The monoisotopic (exact) mass is 318 g/mol. The smallest absolute Gasteiger partial charge is 0.167 e. The fourth-order valence-electron chi connectivity index (χ4n) is 2.22. The van der Waals surface area contributed by atoms with Crippen molar-refractivity contribution in [3.63, 3.8) is 0 Å². The molecule has 0 atom stereocenters. The first-order chi connectivity index (χ1) is 8.66. The van der Waals surface area contributed by atoms with Crippen LogP contribution >= 0.6 is 34.8 Å². The van der Waals surface area contributed by atoms with Crippen molar-refractivity contribution < 1.29 is 9.90 Å². The van der Waals surface area contributed by atoms with Crippen molar-refractivity contribution in [2.45, 2.75) is 27.2 Å². The van der Waals surface area contributed by atoms with Crippen LogP contribution < -0.4 is 0 Å². The average molecular weight is 320 g/mol. The maximum Gasteiger partial charge on any atom is 0.167 e. The third-order valence-corrected chi connectivity index (χ3v) is 4.57. The number of rotatable bonds is 1. The lowest BCUT2D eigenvalue weighted by molar-refractivity contribution is -0.114. The quantitative estimate of drug-likeness (QED) is 0.770. The molecule has 0 spiro atoms. The van der Waals surface area contributed by atoms with Gasteiger partial charge in [-0.15, -0.1) is 0 Å². The molecule has 2 nitrogen and oxygen atoms in total. The van der Waals surface area contributed by atoms with E-state index in [1.165, 1.54) is 0 Å². The Morgan fingerprint density at radius 2 is 1.79 bits per heavy atom. The highest BCUT2D eigenvalue weighted by Crippen LogP contribution is 2.47. The van der Waals surface area contributed by atoms with E-state index in [4.69, 9.17) is 34.8 Å². The van der Waals surface area contributed by atoms with Crippen molar-refractivity contribution in [1.29, 1.82) is 0 Å². The summed E-state index contributed by atoms with van der Waals surface area (Å²) in [6.07, 6.45) is 0.239. The maximum atomic E-state index is 12.1. The summed E-state index contributed by atoms with van der Waals surface area (Å²) in [6, 6.07) is 1.54. The largest absolute Gasteiger partial charge is 0.511 e. The highest BCUT2D eigenvalue weighted by molar-refractivity contribution is 6.44. The molecule has 0 unspecified atom stereocenters. The molecule has 0 radical (unpaired) electrons. The van der Waals surface area contributed by atoms with Crippen LogP contribution in [0.1, 0.15) is 31.4 Å². The minimum Gasteiger partial charge on any atom is -0.511 e. The third kappa shape index (κ3) is 2.26. The zero-order valence-electron chi connectivity index (χ0n) is 10.8. The van der Waals surface area contributed by atoms with Crippen LogP contribution in [-0.4, -0.2) is 10.9 Å². The fraction of sp³-hybridized carbons (Fsp3) is 0.357. The van der Waals surface area contributed by atoms with Crippen molar-refractivity contribution in [2.75, 3.05) is 0 Å². The highest BCUT2D eigenvalue weighted by atomic mass is 35.5. The molecule has 1 N–H and O–H groups in total. The van der Waals surface area contributed by atoms with E-state index in [1.807, 2.05) is 0 Å². The van der Waals surface area contributed by atoms with Gasteiger partial charge in [-0.05, 0) is 18.6 Å². The van der Waals surface area contributed by atoms with Crippen LogP contribution in [0.2, 0.25) is 15.1 Å². The number of Topliss-reactive ketones (excluding diaryl/α,β-unsaturated/α-hetero) is 1. The van der Waals surface area contributed by atoms with Crippen molar-refractivity contribution in [3.05, 3.63) is 38.0 Å². The number of aliphatic hydroxyl groups excluding tert-OH is 1. The van der Waals surface area contributed by atoms with Crippen LogP contribution in [-0.2, 0) is 4.79 Å². The molecule has 0 saturated heterocycles. The molecule has 0 aromatic heterocycles. The van der Waals surface area contributed by atoms with Crippen LogP contribution in [0.4, 0.5) is 0 Å². The lowest BCUT2D eigenvalue weighted by Gasteiger charge is -2.16. The Hall–Kier alpha value is -0.700. The number of hydrogen-bond acceptors (Lipinski definition) is 2.